The molecule has 2 nitrogen and oxygen atoms in total. The van der Waals surface area contributed by atoms with Gasteiger partial charge < -0.3 is 11.1 Å². The van der Waals surface area contributed by atoms with Gasteiger partial charge in [-0.05, 0) is 55.8 Å². The number of halogens is 1. The summed E-state index contributed by atoms with van der Waals surface area (Å²) in [5.41, 5.74) is 8.23. The van der Waals surface area contributed by atoms with Crippen LogP contribution in [0, 0.1) is 5.92 Å². The van der Waals surface area contributed by atoms with E-state index in [1.807, 2.05) is 0 Å². The molecule has 3 heteroatoms. The van der Waals surface area contributed by atoms with E-state index >= 15 is 0 Å². The maximum Gasteiger partial charge on any atom is 0.0343 e. The van der Waals surface area contributed by atoms with Gasteiger partial charge >= 0.3 is 0 Å². The Hall–Kier alpha value is -0.730. The van der Waals surface area contributed by atoms with Crippen molar-refractivity contribution in [2.75, 3.05) is 18.4 Å². The predicted octanol–water partition coefficient (Wildman–Crippen LogP) is 3.99. The van der Waals surface area contributed by atoms with Crippen LogP contribution in [-0.4, -0.2) is 13.1 Å². The topological polar surface area (TPSA) is 38.0 Å². The number of hydrogen-bond acceptors (Lipinski definition) is 2. The van der Waals surface area contributed by atoms with Gasteiger partial charge in [0.1, 0.15) is 0 Å². The lowest BCUT2D eigenvalue weighted by atomic mass is 9.89. The zero-order chi connectivity index (χ0) is 12.6. The predicted molar refractivity (Wildman–Crippen MR) is 86.1 cm³/mol. The number of anilines is 1. The molecular weight excluding hydrogens is 256 g/mol. The summed E-state index contributed by atoms with van der Waals surface area (Å²) in [5.74, 6) is 0.881. The van der Waals surface area contributed by atoms with E-state index in [0.29, 0.717) is 0 Å². The number of hydrogen-bond donors (Lipinski definition) is 2. The van der Waals surface area contributed by atoms with Crippen LogP contribution in [0.1, 0.15) is 44.1 Å². The average Bonchev–Trinajstić information content (AvgIpc) is 2.44. The number of nitrogens with two attached hydrogens (primary N) is 1. The lowest BCUT2D eigenvalue weighted by Crippen LogP contribution is -2.17. The van der Waals surface area contributed by atoms with Crippen molar-refractivity contribution in [1.82, 2.24) is 0 Å². The second-order valence-corrected chi connectivity index (χ2v) is 5.48. The molecule has 0 spiro atoms. The van der Waals surface area contributed by atoms with Gasteiger partial charge in [-0.2, -0.15) is 0 Å². The SMILES string of the molecule is Cl.NCCCc1cccc(NCC2CCCCC2)c1. The monoisotopic (exact) mass is 282 g/mol. The highest BCUT2D eigenvalue weighted by molar-refractivity contribution is 5.85. The molecule has 0 radical (unpaired) electrons. The van der Waals surface area contributed by atoms with Gasteiger partial charge in [0, 0.05) is 12.2 Å². The smallest absolute Gasteiger partial charge is 0.0343 e. The summed E-state index contributed by atoms with van der Waals surface area (Å²) in [6.45, 7) is 1.92. The van der Waals surface area contributed by atoms with Gasteiger partial charge in [0.15, 0.2) is 0 Å². The van der Waals surface area contributed by atoms with Gasteiger partial charge in [-0.25, -0.2) is 0 Å². The summed E-state index contributed by atoms with van der Waals surface area (Å²) in [6.07, 6.45) is 9.25. The summed E-state index contributed by atoms with van der Waals surface area (Å²) >= 11 is 0. The highest BCUT2D eigenvalue weighted by atomic mass is 35.5. The molecule has 0 atom stereocenters. The van der Waals surface area contributed by atoms with E-state index in [9.17, 15) is 0 Å². The van der Waals surface area contributed by atoms with Crippen molar-refractivity contribution >= 4 is 18.1 Å². The average molecular weight is 283 g/mol. The van der Waals surface area contributed by atoms with Crippen molar-refractivity contribution in [2.45, 2.75) is 44.9 Å². The molecule has 1 fully saturated rings. The Bertz CT molecular complexity index is 348. The van der Waals surface area contributed by atoms with E-state index in [4.69, 9.17) is 5.73 Å². The van der Waals surface area contributed by atoms with E-state index in [1.165, 1.54) is 43.4 Å². The fourth-order valence-electron chi connectivity index (χ4n) is 2.80. The van der Waals surface area contributed by atoms with Crippen LogP contribution in [-0.2, 0) is 6.42 Å². The van der Waals surface area contributed by atoms with Crippen molar-refractivity contribution in [3.63, 3.8) is 0 Å². The Balaban J connectivity index is 0.00000180. The molecule has 1 aromatic rings. The Morgan fingerprint density at radius 3 is 2.68 bits per heavy atom. The lowest BCUT2D eigenvalue weighted by molar-refractivity contribution is 0.373. The zero-order valence-electron chi connectivity index (χ0n) is 11.7. The van der Waals surface area contributed by atoms with Gasteiger partial charge in [0.25, 0.3) is 0 Å². The van der Waals surface area contributed by atoms with Gasteiger partial charge in [0.05, 0.1) is 0 Å². The summed E-state index contributed by atoms with van der Waals surface area (Å²) in [7, 11) is 0. The molecule has 0 unspecified atom stereocenters. The van der Waals surface area contributed by atoms with Crippen LogP contribution >= 0.6 is 12.4 Å². The molecule has 108 valence electrons. The second-order valence-electron chi connectivity index (χ2n) is 5.48. The van der Waals surface area contributed by atoms with E-state index in [1.54, 1.807) is 0 Å². The zero-order valence-corrected chi connectivity index (χ0v) is 12.6. The Labute approximate surface area is 123 Å². The van der Waals surface area contributed by atoms with E-state index in [2.05, 4.69) is 29.6 Å². The summed E-state index contributed by atoms with van der Waals surface area (Å²) in [6, 6.07) is 8.80. The molecule has 0 saturated heterocycles. The first-order valence-corrected chi connectivity index (χ1v) is 7.41. The summed E-state index contributed by atoms with van der Waals surface area (Å²) < 4.78 is 0. The number of benzene rings is 1. The molecule has 0 bridgehead atoms. The van der Waals surface area contributed by atoms with Gasteiger partial charge in [-0.1, -0.05) is 31.4 Å². The van der Waals surface area contributed by atoms with Crippen LogP contribution in [0.2, 0.25) is 0 Å². The first-order valence-electron chi connectivity index (χ1n) is 7.41. The normalized spacial score (nSPS) is 15.8. The Kier molecular flexibility index (Phi) is 7.92. The van der Waals surface area contributed by atoms with Crippen molar-refractivity contribution in [3.8, 4) is 0 Å². The molecule has 0 aliphatic heterocycles. The number of rotatable bonds is 6. The molecule has 1 aromatic carbocycles. The van der Waals surface area contributed by atoms with E-state index < -0.39 is 0 Å². The minimum atomic E-state index is 0. The Morgan fingerprint density at radius 1 is 1.16 bits per heavy atom. The van der Waals surface area contributed by atoms with Gasteiger partial charge in [-0.3, -0.25) is 0 Å². The van der Waals surface area contributed by atoms with Crippen LogP contribution < -0.4 is 11.1 Å². The third-order valence-corrected chi connectivity index (χ3v) is 3.92. The maximum absolute atomic E-state index is 5.55. The largest absolute Gasteiger partial charge is 0.385 e. The number of aryl methyl sites for hydroxylation is 1. The summed E-state index contributed by atoms with van der Waals surface area (Å²) in [4.78, 5) is 0. The Morgan fingerprint density at radius 2 is 1.95 bits per heavy atom. The maximum atomic E-state index is 5.55. The van der Waals surface area contributed by atoms with Gasteiger partial charge in [0.2, 0.25) is 0 Å². The minimum absolute atomic E-state index is 0. The van der Waals surface area contributed by atoms with E-state index in [0.717, 1.165) is 31.8 Å². The fourth-order valence-corrected chi connectivity index (χ4v) is 2.80. The molecule has 1 aliphatic rings. The fraction of sp³-hybridized carbons (Fsp3) is 0.625. The van der Waals surface area contributed by atoms with Crippen LogP contribution in [0.3, 0.4) is 0 Å². The molecular formula is C16H27ClN2. The molecule has 0 amide bonds. The van der Waals surface area contributed by atoms with Gasteiger partial charge in [-0.15, -0.1) is 12.4 Å². The molecule has 0 aromatic heterocycles. The standard InChI is InChI=1S/C16H26N2.ClH/c17-11-5-9-14-8-4-10-16(12-14)18-13-15-6-2-1-3-7-15;/h4,8,10,12,15,18H,1-3,5-7,9,11,13,17H2;1H. The quantitative estimate of drug-likeness (QED) is 0.828. The highest BCUT2D eigenvalue weighted by Gasteiger charge is 2.12. The lowest BCUT2D eigenvalue weighted by Gasteiger charge is -2.22. The van der Waals surface area contributed by atoms with Crippen molar-refractivity contribution in [3.05, 3.63) is 29.8 Å². The highest BCUT2D eigenvalue weighted by Crippen LogP contribution is 2.24. The molecule has 1 saturated carbocycles. The number of nitrogens with one attached hydrogen (secondary N) is 1. The molecule has 1 aliphatic carbocycles. The van der Waals surface area contributed by atoms with Crippen molar-refractivity contribution < 1.29 is 0 Å². The van der Waals surface area contributed by atoms with Crippen LogP contribution in [0.5, 0.6) is 0 Å². The third kappa shape index (κ3) is 5.84. The minimum Gasteiger partial charge on any atom is -0.385 e. The summed E-state index contributed by atoms with van der Waals surface area (Å²) in [5, 5.41) is 3.60. The first kappa shape index (κ1) is 16.3. The first-order chi connectivity index (χ1) is 8.88. The second kappa shape index (κ2) is 9.22. The van der Waals surface area contributed by atoms with Crippen molar-refractivity contribution in [2.24, 2.45) is 11.7 Å². The molecule has 19 heavy (non-hydrogen) atoms. The van der Waals surface area contributed by atoms with E-state index in [-0.39, 0.29) is 12.4 Å². The van der Waals surface area contributed by atoms with Crippen molar-refractivity contribution in [1.29, 1.82) is 0 Å². The van der Waals surface area contributed by atoms with Crippen LogP contribution in [0.4, 0.5) is 5.69 Å². The molecule has 2 rings (SSSR count). The van der Waals surface area contributed by atoms with Crippen LogP contribution in [0.25, 0.3) is 0 Å². The van der Waals surface area contributed by atoms with Crippen LogP contribution in [0.15, 0.2) is 24.3 Å². The molecule has 3 N–H and O–H groups in total. The third-order valence-electron chi connectivity index (χ3n) is 3.92. The molecule has 0 heterocycles.